The van der Waals surface area contributed by atoms with Gasteiger partial charge in [0.15, 0.2) is 6.10 Å². The number of unbranched alkanes of at least 4 members (excludes halogenated alkanes) is 24. The summed E-state index contributed by atoms with van der Waals surface area (Å²) >= 11 is 0. The van der Waals surface area contributed by atoms with Gasteiger partial charge in [0.25, 0.3) is 0 Å². The molecule has 0 amide bonds. The van der Waals surface area contributed by atoms with E-state index in [0.717, 1.165) is 116 Å². The van der Waals surface area contributed by atoms with Gasteiger partial charge in [-0.15, -0.1) is 0 Å². The molecule has 0 radical (unpaired) electrons. The zero-order valence-corrected chi connectivity index (χ0v) is 52.5. The van der Waals surface area contributed by atoms with Crippen LogP contribution in [0.4, 0.5) is 0 Å². The molecule has 0 fully saturated rings. The Hall–Kier alpha value is -4.71. The summed E-state index contributed by atoms with van der Waals surface area (Å²) in [5.41, 5.74) is 0. The van der Waals surface area contributed by atoms with Gasteiger partial charge in [-0.05, 0) is 109 Å². The van der Waals surface area contributed by atoms with Gasteiger partial charge >= 0.3 is 17.9 Å². The molecule has 6 heteroatoms. The fourth-order valence-corrected chi connectivity index (χ4v) is 8.94. The Balaban J connectivity index is 4.35. The summed E-state index contributed by atoms with van der Waals surface area (Å²) < 4.78 is 16.9. The minimum Gasteiger partial charge on any atom is -0.462 e. The number of carbonyl (C=O) groups is 3. The zero-order chi connectivity index (χ0) is 58.5. The van der Waals surface area contributed by atoms with Crippen LogP contribution in [0.3, 0.4) is 0 Å². The summed E-state index contributed by atoms with van der Waals surface area (Å²) in [5, 5.41) is 0. The highest BCUT2D eigenvalue weighted by Crippen LogP contribution is 2.16. The lowest BCUT2D eigenvalue weighted by molar-refractivity contribution is -0.166. The van der Waals surface area contributed by atoms with E-state index in [9.17, 15) is 14.4 Å². The molecular formula is C75H122O6. The Bertz CT molecular complexity index is 1760. The van der Waals surface area contributed by atoms with Crippen molar-refractivity contribution in [2.45, 2.75) is 297 Å². The van der Waals surface area contributed by atoms with E-state index in [1.807, 2.05) is 6.08 Å². The number of esters is 3. The second kappa shape index (κ2) is 67.8. The first kappa shape index (κ1) is 76.3. The molecule has 0 aliphatic rings. The van der Waals surface area contributed by atoms with Gasteiger partial charge in [-0.25, -0.2) is 0 Å². The number of ether oxygens (including phenoxy) is 3. The molecule has 0 saturated heterocycles. The first-order valence-electron chi connectivity index (χ1n) is 33.3. The van der Waals surface area contributed by atoms with Crippen LogP contribution in [0, 0.1) is 0 Å². The minimum atomic E-state index is -0.823. The molecule has 0 saturated carbocycles. The first-order valence-corrected chi connectivity index (χ1v) is 33.3. The average molecular weight is 1120 g/mol. The molecule has 1 unspecified atom stereocenters. The normalized spacial score (nSPS) is 13.1. The third-order valence-corrected chi connectivity index (χ3v) is 13.9. The van der Waals surface area contributed by atoms with Gasteiger partial charge in [-0.3, -0.25) is 14.4 Å². The predicted molar refractivity (Wildman–Crippen MR) is 352 cm³/mol. The molecule has 0 aromatic heterocycles. The van der Waals surface area contributed by atoms with Crippen LogP contribution >= 0.6 is 0 Å². The van der Waals surface area contributed by atoms with Gasteiger partial charge in [0.05, 0.1) is 0 Å². The van der Waals surface area contributed by atoms with E-state index >= 15 is 0 Å². The van der Waals surface area contributed by atoms with Crippen molar-refractivity contribution in [2.24, 2.45) is 0 Å². The van der Waals surface area contributed by atoms with Crippen LogP contribution in [0.15, 0.2) is 146 Å². The van der Waals surface area contributed by atoms with E-state index in [2.05, 4.69) is 161 Å². The topological polar surface area (TPSA) is 78.9 Å². The Morgan fingerprint density at radius 2 is 0.506 bits per heavy atom. The number of hydrogen-bond donors (Lipinski definition) is 0. The van der Waals surface area contributed by atoms with Gasteiger partial charge in [0, 0.05) is 19.3 Å². The molecule has 0 spiro atoms. The quantitative estimate of drug-likeness (QED) is 0.0261. The van der Waals surface area contributed by atoms with Crippen molar-refractivity contribution in [3.8, 4) is 0 Å². The molecule has 81 heavy (non-hydrogen) atoms. The second-order valence-electron chi connectivity index (χ2n) is 21.6. The number of hydrogen-bond acceptors (Lipinski definition) is 6. The summed E-state index contributed by atoms with van der Waals surface area (Å²) in [6.07, 6.45) is 97.3. The largest absolute Gasteiger partial charge is 0.462 e. The lowest BCUT2D eigenvalue weighted by Crippen LogP contribution is -2.30. The van der Waals surface area contributed by atoms with Crippen LogP contribution in [0.25, 0.3) is 0 Å². The van der Waals surface area contributed by atoms with Crippen LogP contribution < -0.4 is 0 Å². The molecule has 0 aliphatic carbocycles. The van der Waals surface area contributed by atoms with E-state index in [0.29, 0.717) is 19.3 Å². The predicted octanol–water partition coefficient (Wildman–Crippen LogP) is 23.1. The van der Waals surface area contributed by atoms with E-state index in [-0.39, 0.29) is 31.6 Å². The molecule has 0 aromatic carbocycles. The smallest absolute Gasteiger partial charge is 0.306 e. The molecule has 0 N–H and O–H groups in total. The van der Waals surface area contributed by atoms with Crippen molar-refractivity contribution in [2.75, 3.05) is 13.2 Å². The average Bonchev–Trinajstić information content (AvgIpc) is 3.46. The van der Waals surface area contributed by atoms with Crippen LogP contribution in [0.5, 0.6) is 0 Å². The highest BCUT2D eigenvalue weighted by Gasteiger charge is 2.19. The fraction of sp³-hybridized carbons (Fsp3) is 0.640. The van der Waals surface area contributed by atoms with Crippen LogP contribution in [0.2, 0.25) is 0 Å². The summed E-state index contributed by atoms with van der Waals surface area (Å²) in [7, 11) is 0. The molecule has 6 nitrogen and oxygen atoms in total. The Kier molecular flexibility index (Phi) is 63.9. The van der Waals surface area contributed by atoms with Crippen LogP contribution in [-0.2, 0) is 28.6 Å². The molecule has 458 valence electrons. The maximum atomic E-state index is 12.9. The molecule has 1 atom stereocenters. The first-order chi connectivity index (χ1) is 40.0. The van der Waals surface area contributed by atoms with Crippen molar-refractivity contribution in [3.05, 3.63) is 146 Å². The monoisotopic (exact) mass is 1120 g/mol. The van der Waals surface area contributed by atoms with Gasteiger partial charge in [-0.1, -0.05) is 308 Å². The van der Waals surface area contributed by atoms with E-state index in [1.165, 1.54) is 128 Å². The van der Waals surface area contributed by atoms with E-state index in [4.69, 9.17) is 14.2 Å². The Morgan fingerprint density at radius 1 is 0.259 bits per heavy atom. The maximum Gasteiger partial charge on any atom is 0.306 e. The molecule has 0 aromatic rings. The van der Waals surface area contributed by atoms with E-state index < -0.39 is 12.1 Å². The van der Waals surface area contributed by atoms with Gasteiger partial charge < -0.3 is 14.2 Å². The molecule has 0 rings (SSSR count). The zero-order valence-electron chi connectivity index (χ0n) is 52.5. The van der Waals surface area contributed by atoms with Gasteiger partial charge in [-0.2, -0.15) is 0 Å². The lowest BCUT2D eigenvalue weighted by atomic mass is 10.0. The summed E-state index contributed by atoms with van der Waals surface area (Å²) in [4.78, 5) is 38.3. The summed E-state index contributed by atoms with van der Waals surface area (Å²) in [6, 6.07) is 0. The van der Waals surface area contributed by atoms with E-state index in [1.54, 1.807) is 0 Å². The third-order valence-electron chi connectivity index (χ3n) is 13.9. The molecule has 0 bridgehead atoms. The number of allylic oxidation sites excluding steroid dienone is 24. The van der Waals surface area contributed by atoms with Crippen molar-refractivity contribution >= 4 is 17.9 Å². The second-order valence-corrected chi connectivity index (χ2v) is 21.6. The van der Waals surface area contributed by atoms with Crippen LogP contribution in [0.1, 0.15) is 290 Å². The number of carbonyl (C=O) groups excluding carboxylic acids is 3. The number of rotatable bonds is 59. The molecular weight excluding hydrogens is 997 g/mol. The maximum absolute atomic E-state index is 12.9. The lowest BCUT2D eigenvalue weighted by Gasteiger charge is -2.18. The highest BCUT2D eigenvalue weighted by atomic mass is 16.6. The fourth-order valence-electron chi connectivity index (χ4n) is 8.94. The Morgan fingerprint density at radius 3 is 0.802 bits per heavy atom. The highest BCUT2D eigenvalue weighted by molar-refractivity contribution is 5.71. The standard InChI is InChI=1S/C75H122O6/c1-4-7-10-13-16-19-22-25-27-29-31-32-33-34-35-36-37-38-39-40-41-42-44-45-47-50-53-56-59-62-65-68-74(77)80-71-72(70-79-73(76)67-64-61-58-55-52-49-24-21-18-15-12-9-6-3)81-75(78)69-66-63-60-57-54-51-48-46-43-30-28-26-23-20-17-14-11-8-5-2/h7-8,10-11,16-17,19-20,25-28,31-32,34-35,37-38,43,46,51,54,60,63,72H,4-6,9,12-15,18,21-24,29-30,33,36,39-42,44-45,47-50,52-53,55-59,61-62,64-71H2,1-3H3/b10-7-,11-8-,19-16-,20-17-,27-25-,28-26-,32-31-,35-34-,38-37-,46-43-,54-51-,63-60-. The van der Waals surface area contributed by atoms with Crippen molar-refractivity contribution in [1.82, 2.24) is 0 Å². The van der Waals surface area contributed by atoms with Crippen molar-refractivity contribution < 1.29 is 28.6 Å². The minimum absolute atomic E-state index is 0.110. The van der Waals surface area contributed by atoms with Crippen LogP contribution in [-0.4, -0.2) is 37.2 Å². The van der Waals surface area contributed by atoms with Crippen molar-refractivity contribution in [3.63, 3.8) is 0 Å². The SMILES string of the molecule is CC/C=C\C/C=C\C/C=C\C/C=C\C/C=C\C/C=C\CCCCCCCCCCCCCCC(=O)OCC(COC(=O)CCCCCCCCCCCCCCC)OC(=O)CC/C=C\C/C=C\C/C=C\C/C=C\C/C=C\C/C=C\CC. The van der Waals surface area contributed by atoms with Crippen molar-refractivity contribution in [1.29, 1.82) is 0 Å². The summed E-state index contributed by atoms with van der Waals surface area (Å²) in [6.45, 7) is 6.36. The van der Waals surface area contributed by atoms with Gasteiger partial charge in [0.2, 0.25) is 0 Å². The summed E-state index contributed by atoms with van der Waals surface area (Å²) in [5.74, 6) is -0.993. The molecule has 0 heterocycles. The Labute approximate surface area is 499 Å². The molecule has 0 aliphatic heterocycles. The third kappa shape index (κ3) is 66.0. The van der Waals surface area contributed by atoms with Gasteiger partial charge in [0.1, 0.15) is 13.2 Å².